The number of likely N-dealkylation sites (tertiary alicyclic amines) is 2. The molecule has 1 N–H and O–H groups in total. The van der Waals surface area contributed by atoms with E-state index in [1.807, 2.05) is 0 Å². The summed E-state index contributed by atoms with van der Waals surface area (Å²) >= 11 is 0. The molecule has 3 rings (SSSR count). The van der Waals surface area contributed by atoms with Gasteiger partial charge in [-0.3, -0.25) is 4.79 Å². The molecule has 0 aromatic heterocycles. The Kier molecular flexibility index (Phi) is 9.95. The zero-order valence-corrected chi connectivity index (χ0v) is 16.7. The fourth-order valence-corrected chi connectivity index (χ4v) is 4.50. The van der Waals surface area contributed by atoms with E-state index < -0.39 is 0 Å². The maximum absolute atomic E-state index is 12.7. The molecule has 4 nitrogen and oxygen atoms in total. The van der Waals surface area contributed by atoms with Crippen LogP contribution in [0.4, 0.5) is 0 Å². The number of amides is 1. The quantitative estimate of drug-likeness (QED) is 0.818. The standard InChI is InChI=1S/C18H33N3O.2ClH/c1-15-6-2-3-10-20(15)13-16-7-5-11-21(14-16)18(22)17-8-4-9-19-12-17;;/h15-17,19H,2-14H2,1H3;2*1H. The molecule has 6 heteroatoms. The lowest BCUT2D eigenvalue weighted by molar-refractivity contribution is -0.138. The molecule has 0 aliphatic carbocycles. The number of nitrogens with one attached hydrogen (secondary N) is 1. The molecular weight excluding hydrogens is 345 g/mol. The molecule has 1 amide bonds. The fourth-order valence-electron chi connectivity index (χ4n) is 4.50. The number of piperidine rings is 3. The van der Waals surface area contributed by atoms with Gasteiger partial charge in [-0.2, -0.15) is 0 Å². The fraction of sp³-hybridized carbons (Fsp3) is 0.944. The molecule has 0 radical (unpaired) electrons. The van der Waals surface area contributed by atoms with Crippen molar-refractivity contribution in [2.24, 2.45) is 11.8 Å². The second-order valence-corrected chi connectivity index (χ2v) is 7.68. The molecule has 3 atom stereocenters. The highest BCUT2D eigenvalue weighted by atomic mass is 35.5. The third-order valence-corrected chi connectivity index (χ3v) is 5.91. The van der Waals surface area contributed by atoms with Gasteiger partial charge in [0.05, 0.1) is 5.92 Å². The minimum Gasteiger partial charge on any atom is -0.342 e. The van der Waals surface area contributed by atoms with Crippen molar-refractivity contribution >= 4 is 30.7 Å². The number of carbonyl (C=O) groups excluding carboxylic acids is 1. The van der Waals surface area contributed by atoms with Gasteiger partial charge in [0, 0.05) is 32.2 Å². The third kappa shape index (κ3) is 5.76. The first-order valence-corrected chi connectivity index (χ1v) is 9.47. The average Bonchev–Trinajstić information content (AvgIpc) is 2.57. The first kappa shape index (κ1) is 22.0. The van der Waals surface area contributed by atoms with E-state index >= 15 is 0 Å². The van der Waals surface area contributed by atoms with Crippen LogP contribution in [0.5, 0.6) is 0 Å². The highest BCUT2D eigenvalue weighted by Gasteiger charge is 2.31. The first-order chi connectivity index (χ1) is 10.7. The van der Waals surface area contributed by atoms with Gasteiger partial charge in [-0.05, 0) is 64.5 Å². The second kappa shape index (κ2) is 10.8. The lowest BCUT2D eigenvalue weighted by Gasteiger charge is -2.40. The zero-order chi connectivity index (χ0) is 15.4. The summed E-state index contributed by atoms with van der Waals surface area (Å²) in [6.45, 7) is 8.80. The molecule has 3 aliphatic heterocycles. The number of carbonyl (C=O) groups is 1. The van der Waals surface area contributed by atoms with Crippen molar-refractivity contribution < 1.29 is 4.79 Å². The van der Waals surface area contributed by atoms with Crippen LogP contribution in [0.3, 0.4) is 0 Å². The Morgan fingerprint density at radius 2 is 1.88 bits per heavy atom. The van der Waals surface area contributed by atoms with Gasteiger partial charge in [-0.15, -0.1) is 24.8 Å². The molecule has 24 heavy (non-hydrogen) atoms. The lowest BCUT2D eigenvalue weighted by Crippen LogP contribution is -2.49. The van der Waals surface area contributed by atoms with Gasteiger partial charge in [-0.25, -0.2) is 0 Å². The van der Waals surface area contributed by atoms with Crippen molar-refractivity contribution in [1.29, 1.82) is 0 Å². The Bertz CT molecular complexity index is 377. The average molecular weight is 380 g/mol. The number of nitrogens with zero attached hydrogens (tertiary/aromatic N) is 2. The van der Waals surface area contributed by atoms with E-state index in [9.17, 15) is 4.79 Å². The molecule has 3 fully saturated rings. The summed E-state index contributed by atoms with van der Waals surface area (Å²) in [4.78, 5) is 17.6. The molecule has 3 saturated heterocycles. The number of hydrogen-bond acceptors (Lipinski definition) is 3. The minimum absolute atomic E-state index is 0. The van der Waals surface area contributed by atoms with Gasteiger partial charge in [0.1, 0.15) is 0 Å². The molecule has 0 aromatic carbocycles. The molecule has 3 unspecified atom stereocenters. The minimum atomic E-state index is 0. The number of halogens is 2. The predicted molar refractivity (Wildman–Crippen MR) is 104 cm³/mol. The number of hydrogen-bond donors (Lipinski definition) is 1. The van der Waals surface area contributed by atoms with Gasteiger partial charge in [0.25, 0.3) is 0 Å². The molecular formula is C18H35Cl2N3O. The van der Waals surface area contributed by atoms with E-state index in [1.165, 1.54) is 45.2 Å². The van der Waals surface area contributed by atoms with E-state index in [0.717, 1.165) is 45.1 Å². The monoisotopic (exact) mass is 379 g/mol. The molecule has 0 aromatic rings. The van der Waals surface area contributed by atoms with E-state index in [1.54, 1.807) is 0 Å². The van der Waals surface area contributed by atoms with Gasteiger partial charge in [0.15, 0.2) is 0 Å². The Hall–Kier alpha value is -0.0300. The van der Waals surface area contributed by atoms with Crippen LogP contribution in [-0.2, 0) is 4.79 Å². The van der Waals surface area contributed by atoms with E-state index in [0.29, 0.717) is 11.8 Å². The lowest BCUT2D eigenvalue weighted by atomic mass is 9.92. The van der Waals surface area contributed by atoms with Crippen molar-refractivity contribution in [1.82, 2.24) is 15.1 Å². The van der Waals surface area contributed by atoms with Gasteiger partial charge < -0.3 is 15.1 Å². The summed E-state index contributed by atoms with van der Waals surface area (Å²) in [5.41, 5.74) is 0. The van der Waals surface area contributed by atoms with Gasteiger partial charge in [-0.1, -0.05) is 6.42 Å². The van der Waals surface area contributed by atoms with Crippen molar-refractivity contribution in [3.63, 3.8) is 0 Å². The molecule has 0 spiro atoms. The van der Waals surface area contributed by atoms with Crippen LogP contribution in [0.2, 0.25) is 0 Å². The molecule has 0 bridgehead atoms. The van der Waals surface area contributed by atoms with Crippen molar-refractivity contribution in [2.75, 3.05) is 39.3 Å². The first-order valence-electron chi connectivity index (χ1n) is 9.47. The van der Waals surface area contributed by atoms with Crippen molar-refractivity contribution in [2.45, 2.75) is 57.9 Å². The second-order valence-electron chi connectivity index (χ2n) is 7.68. The van der Waals surface area contributed by atoms with Crippen LogP contribution in [0.15, 0.2) is 0 Å². The largest absolute Gasteiger partial charge is 0.342 e. The Balaban J connectivity index is 0.00000144. The van der Waals surface area contributed by atoms with Crippen molar-refractivity contribution in [3.05, 3.63) is 0 Å². The molecule has 142 valence electrons. The van der Waals surface area contributed by atoms with Crippen LogP contribution < -0.4 is 5.32 Å². The SMILES string of the molecule is CC1CCCCN1CC1CCCN(C(=O)C2CCCNC2)C1.Cl.Cl. The Morgan fingerprint density at radius 3 is 2.58 bits per heavy atom. The molecule has 3 aliphatic rings. The maximum atomic E-state index is 12.7. The van der Waals surface area contributed by atoms with Crippen LogP contribution in [-0.4, -0.2) is 61.0 Å². The van der Waals surface area contributed by atoms with Crippen molar-refractivity contribution in [3.8, 4) is 0 Å². The molecule has 3 heterocycles. The van der Waals surface area contributed by atoms with Gasteiger partial charge in [0.2, 0.25) is 5.91 Å². The Labute approximate surface area is 159 Å². The maximum Gasteiger partial charge on any atom is 0.226 e. The van der Waals surface area contributed by atoms with E-state index in [2.05, 4.69) is 22.0 Å². The summed E-state index contributed by atoms with van der Waals surface area (Å²) < 4.78 is 0. The van der Waals surface area contributed by atoms with E-state index in [-0.39, 0.29) is 30.7 Å². The highest BCUT2D eigenvalue weighted by Crippen LogP contribution is 2.24. The zero-order valence-electron chi connectivity index (χ0n) is 15.0. The summed E-state index contributed by atoms with van der Waals surface area (Å²) in [6.07, 6.45) is 8.82. The number of rotatable bonds is 3. The summed E-state index contributed by atoms with van der Waals surface area (Å²) in [6, 6.07) is 0.738. The van der Waals surface area contributed by atoms with E-state index in [4.69, 9.17) is 0 Å². The van der Waals surface area contributed by atoms with Crippen LogP contribution >= 0.6 is 24.8 Å². The van der Waals surface area contributed by atoms with Crippen LogP contribution in [0, 0.1) is 11.8 Å². The van der Waals surface area contributed by atoms with Gasteiger partial charge >= 0.3 is 0 Å². The smallest absolute Gasteiger partial charge is 0.226 e. The van der Waals surface area contributed by atoms with Crippen LogP contribution in [0.1, 0.15) is 51.9 Å². The highest BCUT2D eigenvalue weighted by molar-refractivity contribution is 5.85. The summed E-state index contributed by atoms with van der Waals surface area (Å²) in [7, 11) is 0. The molecule has 0 saturated carbocycles. The normalized spacial score (nSPS) is 31.7. The predicted octanol–water partition coefficient (Wildman–Crippen LogP) is 2.94. The third-order valence-electron chi connectivity index (χ3n) is 5.91. The Morgan fingerprint density at radius 1 is 1.04 bits per heavy atom. The summed E-state index contributed by atoms with van der Waals surface area (Å²) in [5, 5.41) is 3.38. The van der Waals surface area contributed by atoms with Crippen LogP contribution in [0.25, 0.3) is 0 Å². The summed E-state index contributed by atoms with van der Waals surface area (Å²) in [5.74, 6) is 1.35. The topological polar surface area (TPSA) is 35.6 Å².